The van der Waals surface area contributed by atoms with Crippen molar-refractivity contribution in [2.24, 2.45) is 0 Å². The lowest BCUT2D eigenvalue weighted by molar-refractivity contribution is -0.134. The van der Waals surface area contributed by atoms with Crippen LogP contribution in [0.2, 0.25) is 0 Å². The van der Waals surface area contributed by atoms with Gasteiger partial charge in [-0.2, -0.15) is 5.10 Å². The first-order valence-electron chi connectivity index (χ1n) is 7.92. The van der Waals surface area contributed by atoms with Gasteiger partial charge in [0.25, 0.3) is 0 Å². The van der Waals surface area contributed by atoms with Crippen LogP contribution >= 0.6 is 0 Å². The third-order valence-corrected chi connectivity index (χ3v) is 4.43. The van der Waals surface area contributed by atoms with Gasteiger partial charge in [0.1, 0.15) is 18.7 Å². The highest BCUT2D eigenvalue weighted by Gasteiger charge is 2.24. The Morgan fingerprint density at radius 3 is 2.86 bits per heavy atom. The number of likely N-dealkylation sites (N-methyl/N-ethyl adjacent to an activating group) is 1. The van der Waals surface area contributed by atoms with Crippen molar-refractivity contribution in [3.05, 3.63) is 12.5 Å². The summed E-state index contributed by atoms with van der Waals surface area (Å²) in [4.78, 5) is 22.8. The van der Waals surface area contributed by atoms with E-state index in [9.17, 15) is 4.79 Å². The van der Waals surface area contributed by atoms with Crippen molar-refractivity contribution in [2.45, 2.75) is 51.6 Å². The molecule has 1 aliphatic rings. The molecule has 0 saturated heterocycles. The molecule has 7 heteroatoms. The molecule has 0 bridgehead atoms. The van der Waals surface area contributed by atoms with Crippen LogP contribution in [-0.4, -0.2) is 43.1 Å². The molecule has 0 radical (unpaired) electrons. The summed E-state index contributed by atoms with van der Waals surface area (Å²) >= 11 is 0. The van der Waals surface area contributed by atoms with Gasteiger partial charge in [-0.05, 0) is 19.8 Å². The molecule has 0 unspecified atom stereocenters. The number of aromatic nitrogens is 4. The maximum atomic E-state index is 12.7. The number of carbonyl (C=O) groups is 1. The highest BCUT2D eigenvalue weighted by Crippen LogP contribution is 2.23. The van der Waals surface area contributed by atoms with Crippen LogP contribution < -0.4 is 5.73 Å². The van der Waals surface area contributed by atoms with Gasteiger partial charge in [-0.3, -0.25) is 4.79 Å². The molecule has 2 heterocycles. The first-order chi connectivity index (χ1) is 10.7. The average molecular weight is 302 g/mol. The summed E-state index contributed by atoms with van der Waals surface area (Å²) in [6.07, 6.45) is 8.94. The van der Waals surface area contributed by atoms with Crippen LogP contribution in [0.1, 0.15) is 39.0 Å². The van der Waals surface area contributed by atoms with Crippen molar-refractivity contribution in [3.8, 4) is 0 Å². The number of carbonyl (C=O) groups excluding carboxylic acids is 1. The molecule has 7 nitrogen and oxygen atoms in total. The van der Waals surface area contributed by atoms with Crippen LogP contribution in [0, 0.1) is 0 Å². The highest BCUT2D eigenvalue weighted by molar-refractivity contribution is 5.86. The van der Waals surface area contributed by atoms with Gasteiger partial charge in [-0.25, -0.2) is 14.6 Å². The zero-order valence-electron chi connectivity index (χ0n) is 12.9. The summed E-state index contributed by atoms with van der Waals surface area (Å²) in [5.41, 5.74) is 6.42. The van der Waals surface area contributed by atoms with Gasteiger partial charge in [0, 0.05) is 12.6 Å². The summed E-state index contributed by atoms with van der Waals surface area (Å²) in [6, 6.07) is 0.368. The Labute approximate surface area is 129 Å². The molecule has 1 aliphatic carbocycles. The maximum absolute atomic E-state index is 12.7. The van der Waals surface area contributed by atoms with Crippen LogP contribution in [0.3, 0.4) is 0 Å². The molecular formula is C15H22N6O. The lowest BCUT2D eigenvalue weighted by Crippen LogP contribution is -2.43. The smallest absolute Gasteiger partial charge is 0.244 e. The Bertz CT molecular complexity index is 661. The van der Waals surface area contributed by atoms with Crippen molar-refractivity contribution in [3.63, 3.8) is 0 Å². The van der Waals surface area contributed by atoms with Crippen LogP contribution in [0.5, 0.6) is 0 Å². The number of anilines is 1. The molecular weight excluding hydrogens is 280 g/mol. The molecule has 22 heavy (non-hydrogen) atoms. The van der Waals surface area contributed by atoms with Crippen molar-refractivity contribution in [1.29, 1.82) is 0 Å². The number of nitrogen functional groups attached to an aromatic ring is 1. The highest BCUT2D eigenvalue weighted by atomic mass is 16.2. The summed E-state index contributed by atoms with van der Waals surface area (Å²) in [5.74, 6) is 0.486. The van der Waals surface area contributed by atoms with Crippen LogP contribution in [-0.2, 0) is 11.3 Å². The topological polar surface area (TPSA) is 89.9 Å². The summed E-state index contributed by atoms with van der Waals surface area (Å²) < 4.78 is 1.61. The van der Waals surface area contributed by atoms with E-state index < -0.39 is 0 Å². The maximum Gasteiger partial charge on any atom is 0.244 e. The van der Waals surface area contributed by atoms with E-state index in [-0.39, 0.29) is 12.5 Å². The lowest BCUT2D eigenvalue weighted by Gasteiger charge is -2.33. The third kappa shape index (κ3) is 2.75. The third-order valence-electron chi connectivity index (χ3n) is 4.43. The van der Waals surface area contributed by atoms with Gasteiger partial charge in [0.05, 0.1) is 11.6 Å². The zero-order valence-corrected chi connectivity index (χ0v) is 12.9. The van der Waals surface area contributed by atoms with E-state index in [1.54, 1.807) is 10.9 Å². The fourth-order valence-corrected chi connectivity index (χ4v) is 3.28. The molecule has 0 spiro atoms. The van der Waals surface area contributed by atoms with Crippen molar-refractivity contribution in [1.82, 2.24) is 24.6 Å². The van der Waals surface area contributed by atoms with Gasteiger partial charge >= 0.3 is 0 Å². The summed E-state index contributed by atoms with van der Waals surface area (Å²) in [7, 11) is 0. The molecule has 0 aromatic carbocycles. The predicted molar refractivity (Wildman–Crippen MR) is 84.0 cm³/mol. The summed E-state index contributed by atoms with van der Waals surface area (Å²) in [5, 5.41) is 4.94. The molecule has 1 fully saturated rings. The molecule has 1 saturated carbocycles. The first kappa shape index (κ1) is 14.7. The number of hydrogen-bond donors (Lipinski definition) is 1. The summed E-state index contributed by atoms with van der Waals surface area (Å²) in [6.45, 7) is 2.97. The Hall–Kier alpha value is -2.18. The second-order valence-corrected chi connectivity index (χ2v) is 5.77. The second-order valence-electron chi connectivity index (χ2n) is 5.77. The van der Waals surface area contributed by atoms with Gasteiger partial charge in [0.2, 0.25) is 5.91 Å². The quantitative estimate of drug-likeness (QED) is 0.926. The lowest BCUT2D eigenvalue weighted by atomic mass is 9.94. The first-order valence-corrected chi connectivity index (χ1v) is 7.92. The Kier molecular flexibility index (Phi) is 4.22. The van der Waals surface area contributed by atoms with E-state index in [4.69, 9.17) is 5.73 Å². The molecule has 0 atom stereocenters. The molecule has 3 rings (SSSR count). The second kappa shape index (κ2) is 6.29. The van der Waals surface area contributed by atoms with E-state index in [1.165, 1.54) is 25.6 Å². The minimum absolute atomic E-state index is 0.0941. The fraction of sp³-hybridized carbons (Fsp3) is 0.600. The molecule has 1 amide bonds. The Morgan fingerprint density at radius 2 is 2.14 bits per heavy atom. The van der Waals surface area contributed by atoms with E-state index in [0.717, 1.165) is 19.4 Å². The molecule has 0 aliphatic heterocycles. The average Bonchev–Trinajstić information content (AvgIpc) is 2.94. The van der Waals surface area contributed by atoms with Crippen LogP contribution in [0.15, 0.2) is 12.5 Å². The largest absolute Gasteiger partial charge is 0.383 e. The normalized spacial score (nSPS) is 16.0. The monoisotopic (exact) mass is 302 g/mol. The van der Waals surface area contributed by atoms with Gasteiger partial charge < -0.3 is 10.6 Å². The Morgan fingerprint density at radius 1 is 1.36 bits per heavy atom. The Balaban J connectivity index is 1.78. The van der Waals surface area contributed by atoms with Gasteiger partial charge in [-0.1, -0.05) is 19.3 Å². The predicted octanol–water partition coefficient (Wildman–Crippen LogP) is 1.59. The number of amides is 1. The van der Waals surface area contributed by atoms with E-state index in [1.807, 2.05) is 11.8 Å². The molecule has 2 aromatic rings. The fourth-order valence-electron chi connectivity index (χ4n) is 3.28. The number of hydrogen-bond acceptors (Lipinski definition) is 5. The molecule has 2 N–H and O–H groups in total. The van der Waals surface area contributed by atoms with Crippen LogP contribution in [0.25, 0.3) is 11.0 Å². The van der Waals surface area contributed by atoms with Crippen molar-refractivity contribution >= 4 is 22.8 Å². The number of rotatable bonds is 4. The SMILES string of the molecule is CCN(C(=O)Cn1ncc2c(N)ncnc21)C1CCCCC1. The number of fused-ring (bicyclic) bond motifs is 1. The number of nitrogens with zero attached hydrogens (tertiary/aromatic N) is 5. The minimum Gasteiger partial charge on any atom is -0.383 e. The van der Waals surface area contributed by atoms with Gasteiger partial charge in [-0.15, -0.1) is 0 Å². The van der Waals surface area contributed by atoms with E-state index in [0.29, 0.717) is 22.9 Å². The standard InChI is InChI=1S/C15H22N6O/c1-2-20(11-6-4-3-5-7-11)13(22)9-21-15-12(8-19-21)14(16)17-10-18-15/h8,10-11H,2-7,9H2,1H3,(H2,16,17,18). The van der Waals surface area contributed by atoms with E-state index in [2.05, 4.69) is 15.1 Å². The molecule has 2 aromatic heterocycles. The van der Waals surface area contributed by atoms with Gasteiger partial charge in [0.15, 0.2) is 5.65 Å². The zero-order chi connectivity index (χ0) is 15.5. The number of nitrogens with two attached hydrogens (primary N) is 1. The molecule has 118 valence electrons. The van der Waals surface area contributed by atoms with Crippen molar-refractivity contribution < 1.29 is 4.79 Å². The minimum atomic E-state index is 0.0941. The van der Waals surface area contributed by atoms with Crippen molar-refractivity contribution in [2.75, 3.05) is 12.3 Å². The van der Waals surface area contributed by atoms with E-state index >= 15 is 0 Å². The van der Waals surface area contributed by atoms with Crippen LogP contribution in [0.4, 0.5) is 5.82 Å².